The largest absolute Gasteiger partial charge is 0.208 e. The SMILES string of the molecule is C[C@H]1CC2CCCC(c3ccc(-c4ccccc4-c4nc(-c5ccccc5)nc(-c5ccc6c(ccc7cc(C#N)ccc76)c5)n4)cc3)(C2)C1. The Bertz CT molecular complexity index is 2420. The van der Waals surface area contributed by atoms with Crippen LogP contribution in [-0.4, -0.2) is 15.0 Å². The lowest BCUT2D eigenvalue weighted by Crippen LogP contribution is -2.39. The number of hydrogen-bond acceptors (Lipinski definition) is 4. The summed E-state index contributed by atoms with van der Waals surface area (Å²) in [4.78, 5) is 15.3. The van der Waals surface area contributed by atoms with Crippen LogP contribution in [0.4, 0.5) is 0 Å². The molecule has 9 rings (SSSR count). The van der Waals surface area contributed by atoms with E-state index in [4.69, 9.17) is 15.0 Å². The molecule has 2 unspecified atom stereocenters. The normalized spacial score (nSPS) is 20.1. The van der Waals surface area contributed by atoms with Crippen molar-refractivity contribution in [3.8, 4) is 51.4 Å². The zero-order valence-electron chi connectivity index (χ0n) is 28.3. The van der Waals surface area contributed by atoms with E-state index in [2.05, 4.69) is 104 Å². The van der Waals surface area contributed by atoms with E-state index < -0.39 is 0 Å². The summed E-state index contributed by atoms with van der Waals surface area (Å²) in [5.41, 5.74) is 7.67. The smallest absolute Gasteiger partial charge is 0.164 e. The number of hydrogen-bond donors (Lipinski definition) is 0. The van der Waals surface area contributed by atoms with Crippen molar-refractivity contribution in [1.82, 2.24) is 15.0 Å². The van der Waals surface area contributed by atoms with E-state index in [9.17, 15) is 5.26 Å². The maximum absolute atomic E-state index is 9.39. The van der Waals surface area contributed by atoms with Crippen molar-refractivity contribution >= 4 is 21.5 Å². The molecular formula is C46H38N4. The van der Waals surface area contributed by atoms with E-state index in [1.54, 1.807) is 0 Å². The minimum atomic E-state index is 0.331. The highest BCUT2D eigenvalue weighted by Gasteiger charge is 2.42. The second kappa shape index (κ2) is 12.3. The predicted octanol–water partition coefficient (Wildman–Crippen LogP) is 11.6. The molecule has 2 saturated carbocycles. The van der Waals surface area contributed by atoms with Gasteiger partial charge in [-0.25, -0.2) is 15.0 Å². The summed E-state index contributed by atoms with van der Waals surface area (Å²) in [5, 5.41) is 13.8. The third-order valence-electron chi connectivity index (χ3n) is 11.3. The van der Waals surface area contributed by atoms with Crippen LogP contribution in [0.3, 0.4) is 0 Å². The highest BCUT2D eigenvalue weighted by molar-refractivity contribution is 6.08. The first-order valence-corrected chi connectivity index (χ1v) is 17.9. The van der Waals surface area contributed by atoms with Crippen LogP contribution in [0.25, 0.3) is 66.8 Å². The minimum absolute atomic E-state index is 0.331. The number of aromatic nitrogens is 3. The molecule has 2 fully saturated rings. The van der Waals surface area contributed by atoms with Gasteiger partial charge in [0, 0.05) is 16.7 Å². The molecule has 0 aliphatic heterocycles. The number of fused-ring (bicyclic) bond motifs is 5. The van der Waals surface area contributed by atoms with Gasteiger partial charge in [-0.15, -0.1) is 0 Å². The fraction of sp³-hybridized carbons (Fsp3) is 0.217. The van der Waals surface area contributed by atoms with E-state index in [1.807, 2.05) is 36.4 Å². The Morgan fingerprint density at radius 2 is 1.28 bits per heavy atom. The number of rotatable bonds is 5. The average molecular weight is 647 g/mol. The third-order valence-corrected chi connectivity index (χ3v) is 11.3. The van der Waals surface area contributed by atoms with Crippen LogP contribution in [0.1, 0.15) is 56.6 Å². The van der Waals surface area contributed by atoms with Crippen molar-refractivity contribution in [2.24, 2.45) is 11.8 Å². The van der Waals surface area contributed by atoms with Gasteiger partial charge in [0.2, 0.25) is 0 Å². The van der Waals surface area contributed by atoms with Gasteiger partial charge in [0.05, 0.1) is 11.6 Å². The van der Waals surface area contributed by atoms with Gasteiger partial charge in [-0.3, -0.25) is 0 Å². The lowest BCUT2D eigenvalue weighted by atomic mass is 9.57. The summed E-state index contributed by atoms with van der Waals surface area (Å²) >= 11 is 0. The van der Waals surface area contributed by atoms with Crippen LogP contribution in [0.15, 0.2) is 127 Å². The van der Waals surface area contributed by atoms with Crippen LogP contribution in [-0.2, 0) is 5.41 Å². The summed E-state index contributed by atoms with van der Waals surface area (Å²) in [6, 6.07) is 46.8. The highest BCUT2D eigenvalue weighted by Crippen LogP contribution is 2.52. The summed E-state index contributed by atoms with van der Waals surface area (Å²) in [7, 11) is 0. The summed E-state index contributed by atoms with van der Waals surface area (Å²) < 4.78 is 0. The average Bonchev–Trinajstić information content (AvgIpc) is 3.17. The topological polar surface area (TPSA) is 62.5 Å². The minimum Gasteiger partial charge on any atom is -0.208 e. The molecule has 50 heavy (non-hydrogen) atoms. The molecule has 2 aliphatic rings. The first-order valence-electron chi connectivity index (χ1n) is 17.9. The maximum Gasteiger partial charge on any atom is 0.164 e. The highest BCUT2D eigenvalue weighted by atomic mass is 15.0. The molecule has 3 atom stereocenters. The molecular weight excluding hydrogens is 609 g/mol. The lowest BCUT2D eigenvalue weighted by Gasteiger charge is -2.48. The van der Waals surface area contributed by atoms with Crippen LogP contribution in [0.2, 0.25) is 0 Å². The monoisotopic (exact) mass is 646 g/mol. The zero-order valence-corrected chi connectivity index (χ0v) is 28.3. The van der Waals surface area contributed by atoms with Crippen molar-refractivity contribution in [3.05, 3.63) is 139 Å². The Morgan fingerprint density at radius 3 is 2.06 bits per heavy atom. The van der Waals surface area contributed by atoms with Crippen molar-refractivity contribution in [2.75, 3.05) is 0 Å². The maximum atomic E-state index is 9.39. The van der Waals surface area contributed by atoms with Crippen molar-refractivity contribution in [1.29, 1.82) is 5.26 Å². The molecule has 0 amide bonds. The molecule has 1 heterocycles. The van der Waals surface area contributed by atoms with Gasteiger partial charge < -0.3 is 0 Å². The van der Waals surface area contributed by atoms with Gasteiger partial charge in [-0.05, 0) is 99.4 Å². The molecule has 4 heteroatoms. The quantitative estimate of drug-likeness (QED) is 0.175. The first-order chi connectivity index (χ1) is 24.5. The predicted molar refractivity (Wildman–Crippen MR) is 203 cm³/mol. The van der Waals surface area contributed by atoms with Gasteiger partial charge in [-0.1, -0.05) is 129 Å². The van der Waals surface area contributed by atoms with Gasteiger partial charge in [0.25, 0.3) is 0 Å². The Kier molecular flexibility index (Phi) is 7.50. The van der Waals surface area contributed by atoms with Crippen LogP contribution in [0.5, 0.6) is 0 Å². The van der Waals surface area contributed by atoms with Crippen molar-refractivity contribution < 1.29 is 0 Å². The van der Waals surface area contributed by atoms with Gasteiger partial charge in [0.1, 0.15) is 0 Å². The van der Waals surface area contributed by atoms with Gasteiger partial charge in [0.15, 0.2) is 17.5 Å². The molecule has 6 aromatic carbocycles. The molecule has 2 aliphatic carbocycles. The summed E-state index contributed by atoms with van der Waals surface area (Å²) in [6.07, 6.45) is 8.11. The zero-order chi connectivity index (χ0) is 33.7. The number of nitriles is 1. The van der Waals surface area contributed by atoms with Gasteiger partial charge >= 0.3 is 0 Å². The van der Waals surface area contributed by atoms with E-state index in [1.165, 1.54) is 49.7 Å². The van der Waals surface area contributed by atoms with E-state index >= 15 is 0 Å². The second-order valence-electron chi connectivity index (χ2n) is 14.6. The fourth-order valence-corrected chi connectivity index (χ4v) is 9.13. The Labute approximate surface area is 293 Å². The molecule has 0 saturated heterocycles. The van der Waals surface area contributed by atoms with Crippen molar-refractivity contribution in [2.45, 2.75) is 50.9 Å². The number of nitrogens with zero attached hydrogens (tertiary/aromatic N) is 4. The lowest BCUT2D eigenvalue weighted by molar-refractivity contribution is 0.110. The fourth-order valence-electron chi connectivity index (χ4n) is 9.13. The molecule has 0 spiro atoms. The second-order valence-corrected chi connectivity index (χ2v) is 14.6. The first kappa shape index (κ1) is 30.4. The van der Waals surface area contributed by atoms with E-state index in [-0.39, 0.29) is 0 Å². The molecule has 2 bridgehead atoms. The standard InChI is InChI=1S/C46H38N4/c1-30-24-31-8-7-23-46(27-30,28-31)38-19-16-33(17-20-38)39-11-5-6-12-42(39)45-49-43(34-9-3-2-4-10-34)48-44(50-45)37-18-22-41-36(26-37)15-14-35-25-32(29-47)13-21-40(35)41/h2-6,9-22,25-26,30-31H,7-8,23-24,27-28H2,1H3/t30-,31?,46?/m0/s1. The van der Waals surface area contributed by atoms with Crippen LogP contribution < -0.4 is 0 Å². The Morgan fingerprint density at radius 1 is 0.620 bits per heavy atom. The van der Waals surface area contributed by atoms with Crippen molar-refractivity contribution in [3.63, 3.8) is 0 Å². The van der Waals surface area contributed by atoms with E-state index in [0.29, 0.717) is 28.5 Å². The summed E-state index contributed by atoms with van der Waals surface area (Å²) in [6.45, 7) is 2.45. The van der Waals surface area contributed by atoms with E-state index in [0.717, 1.165) is 55.6 Å². The molecule has 242 valence electrons. The molecule has 1 aromatic heterocycles. The Hall–Kier alpha value is -5.66. The molecule has 7 aromatic rings. The molecule has 4 nitrogen and oxygen atoms in total. The van der Waals surface area contributed by atoms with Crippen LogP contribution >= 0.6 is 0 Å². The third kappa shape index (κ3) is 5.44. The molecule has 0 N–H and O–H groups in total. The molecule has 0 radical (unpaired) electrons. The number of benzene rings is 6. The summed E-state index contributed by atoms with van der Waals surface area (Å²) in [5.74, 6) is 3.62. The van der Waals surface area contributed by atoms with Gasteiger partial charge in [-0.2, -0.15) is 5.26 Å². The van der Waals surface area contributed by atoms with Crippen LogP contribution in [0, 0.1) is 23.2 Å². The Balaban J connectivity index is 1.14.